The zero-order chi connectivity index (χ0) is 19.7. The summed E-state index contributed by atoms with van der Waals surface area (Å²) >= 11 is 0. The summed E-state index contributed by atoms with van der Waals surface area (Å²) < 4.78 is 38.9. The predicted molar refractivity (Wildman–Crippen MR) is 84.5 cm³/mol. The lowest BCUT2D eigenvalue weighted by Gasteiger charge is -2.28. The summed E-state index contributed by atoms with van der Waals surface area (Å²) in [5, 5.41) is 9.98. The summed E-state index contributed by atoms with van der Waals surface area (Å²) in [5.74, 6) is -4.04. The molecule has 0 aromatic carbocycles. The van der Waals surface area contributed by atoms with E-state index in [1.54, 1.807) is 18.8 Å². The van der Waals surface area contributed by atoms with E-state index in [2.05, 4.69) is 0 Å². The van der Waals surface area contributed by atoms with Gasteiger partial charge < -0.3 is 25.1 Å². The largest absolute Gasteiger partial charge is 0.388 e. The molecule has 2 rings (SSSR count). The molecule has 1 fully saturated rings. The lowest BCUT2D eigenvalue weighted by molar-refractivity contribution is -0.193. The predicted octanol–water partition coefficient (Wildman–Crippen LogP) is -0.810. The topological polar surface area (TPSA) is 137 Å². The first-order valence-electron chi connectivity index (χ1n) is 7.90. The molecule has 11 heteroatoms. The number of aldehydes is 1. The average Bonchev–Trinajstić information content (AvgIpc) is 2.85. The Bertz CT molecular complexity index is 781. The zero-order valence-electron chi connectivity index (χ0n) is 14.3. The smallest absolute Gasteiger partial charge is 0.330 e. The van der Waals surface area contributed by atoms with Crippen LogP contribution in [0.15, 0.2) is 15.8 Å². The number of aliphatic hydroxyl groups excluding tert-OH is 1. The van der Waals surface area contributed by atoms with E-state index in [1.165, 1.54) is 0 Å². The zero-order valence-corrected chi connectivity index (χ0v) is 14.3. The second kappa shape index (κ2) is 7.35. The number of alkyl halides is 1. The number of ether oxygens (including phenoxy) is 2. The molecule has 1 aliphatic rings. The van der Waals surface area contributed by atoms with Gasteiger partial charge in [-0.2, -0.15) is 4.39 Å². The minimum atomic E-state index is -2.49. The fraction of sp³-hybridized carbons (Fsp3) is 0.667. The van der Waals surface area contributed by atoms with Gasteiger partial charge >= 0.3 is 5.69 Å². The number of carbonyl (C=O) groups is 1. The van der Waals surface area contributed by atoms with Crippen LogP contribution in [0, 0.1) is 11.7 Å². The molecule has 0 amide bonds. The highest BCUT2D eigenvalue weighted by Gasteiger charge is 2.48. The molecule has 1 aromatic heterocycles. The van der Waals surface area contributed by atoms with Crippen molar-refractivity contribution in [1.82, 2.24) is 9.55 Å². The summed E-state index contributed by atoms with van der Waals surface area (Å²) in [5.41, 5.74) is 2.22. The van der Waals surface area contributed by atoms with Crippen LogP contribution in [-0.2, 0) is 14.3 Å². The van der Waals surface area contributed by atoms with E-state index in [0.29, 0.717) is 17.1 Å². The van der Waals surface area contributed by atoms with Crippen molar-refractivity contribution in [2.45, 2.75) is 44.0 Å². The van der Waals surface area contributed by atoms with Gasteiger partial charge in [0.2, 0.25) is 11.7 Å². The quantitative estimate of drug-likeness (QED) is 0.529. The van der Waals surface area contributed by atoms with Crippen molar-refractivity contribution in [2.24, 2.45) is 11.7 Å². The summed E-state index contributed by atoms with van der Waals surface area (Å²) in [4.78, 5) is 35.6. The van der Waals surface area contributed by atoms with Gasteiger partial charge in [0.25, 0.3) is 5.56 Å². The van der Waals surface area contributed by atoms with Crippen LogP contribution in [0.3, 0.4) is 0 Å². The van der Waals surface area contributed by atoms with Crippen molar-refractivity contribution < 1.29 is 28.2 Å². The Balaban J connectivity index is 2.10. The molecule has 0 saturated carbocycles. The van der Waals surface area contributed by atoms with Crippen LogP contribution in [0.1, 0.15) is 26.5 Å². The maximum Gasteiger partial charge on any atom is 0.330 e. The molecule has 0 bridgehead atoms. The molecular formula is C15H21F2N3O6. The van der Waals surface area contributed by atoms with Crippen molar-refractivity contribution in [3.8, 4) is 0 Å². The van der Waals surface area contributed by atoms with Crippen LogP contribution in [0.25, 0.3) is 0 Å². The van der Waals surface area contributed by atoms with E-state index < -0.39 is 53.8 Å². The molecule has 2 heterocycles. The highest BCUT2D eigenvalue weighted by atomic mass is 19.2. The molecular weight excluding hydrogens is 356 g/mol. The van der Waals surface area contributed by atoms with E-state index in [-0.39, 0.29) is 12.5 Å². The number of hydrogen-bond donors (Lipinski definition) is 3. The number of nitrogens with two attached hydrogens (primary N) is 1. The second-order valence-electron chi connectivity index (χ2n) is 6.68. The number of hydrogen-bond acceptors (Lipinski definition) is 7. The van der Waals surface area contributed by atoms with E-state index in [4.69, 9.17) is 15.2 Å². The van der Waals surface area contributed by atoms with Gasteiger partial charge in [-0.05, 0) is 5.92 Å². The highest BCUT2D eigenvalue weighted by molar-refractivity contribution is 5.64. The molecule has 146 valence electrons. The number of aromatic nitrogens is 2. The first kappa shape index (κ1) is 20.4. The van der Waals surface area contributed by atoms with Crippen LogP contribution in [0.2, 0.25) is 0 Å². The van der Waals surface area contributed by atoms with Gasteiger partial charge in [0.15, 0.2) is 6.23 Å². The molecule has 4 atom stereocenters. The summed E-state index contributed by atoms with van der Waals surface area (Å²) in [6.45, 7) is 2.45. The van der Waals surface area contributed by atoms with E-state index in [9.17, 15) is 28.3 Å². The van der Waals surface area contributed by atoms with E-state index in [1.807, 2.05) is 0 Å². The van der Waals surface area contributed by atoms with Gasteiger partial charge in [0.05, 0.1) is 18.3 Å². The van der Waals surface area contributed by atoms with E-state index in [0.717, 1.165) is 0 Å². The summed E-state index contributed by atoms with van der Waals surface area (Å²) in [7, 11) is 0. The standard InChI is InChI=1S/C15H21F2N3O6/c1-8(2)14(18,5-21)6-25-7-15(17)3-10(22)12(26-15)20-4-9(16)11(23)19-13(20)24/h4-5,8,10,12,22H,3,6-7,18H2,1-2H3,(H,19,23,24)/t10-,12-,14+,15+/m1/s1. The third kappa shape index (κ3) is 4.06. The Hall–Kier alpha value is -1.95. The normalized spacial score (nSPS) is 28.3. The van der Waals surface area contributed by atoms with E-state index >= 15 is 0 Å². The Kier molecular flexibility index (Phi) is 5.76. The SMILES string of the molecule is CC(C)[C@](N)(C=O)COC[C@]1(F)C[C@@H](O)[C@H](n2cc(F)c(=O)[nH]c2=O)O1. The Morgan fingerprint density at radius 1 is 1.62 bits per heavy atom. The molecule has 9 nitrogen and oxygen atoms in total. The highest BCUT2D eigenvalue weighted by Crippen LogP contribution is 2.37. The number of aromatic amines is 1. The van der Waals surface area contributed by atoms with Crippen molar-refractivity contribution >= 4 is 6.29 Å². The number of aliphatic hydroxyl groups is 1. The lowest BCUT2D eigenvalue weighted by Crippen LogP contribution is -2.51. The first-order valence-corrected chi connectivity index (χ1v) is 7.90. The summed E-state index contributed by atoms with van der Waals surface area (Å²) in [6.07, 6.45) is -2.58. The molecule has 0 radical (unpaired) electrons. The van der Waals surface area contributed by atoms with Gasteiger partial charge in [0.1, 0.15) is 19.0 Å². The third-order valence-electron chi connectivity index (χ3n) is 4.34. The summed E-state index contributed by atoms with van der Waals surface area (Å²) in [6, 6.07) is 0. The van der Waals surface area contributed by atoms with Gasteiger partial charge in [-0.3, -0.25) is 14.3 Å². The Morgan fingerprint density at radius 2 is 2.27 bits per heavy atom. The van der Waals surface area contributed by atoms with Crippen LogP contribution >= 0.6 is 0 Å². The fourth-order valence-electron chi connectivity index (χ4n) is 2.46. The van der Waals surface area contributed by atoms with Gasteiger partial charge in [-0.25, -0.2) is 9.18 Å². The van der Waals surface area contributed by atoms with Gasteiger partial charge in [-0.15, -0.1) is 0 Å². The van der Waals surface area contributed by atoms with Crippen molar-refractivity contribution in [3.63, 3.8) is 0 Å². The molecule has 0 unspecified atom stereocenters. The molecule has 1 saturated heterocycles. The molecule has 1 aliphatic heterocycles. The van der Waals surface area contributed by atoms with Crippen molar-refractivity contribution in [1.29, 1.82) is 0 Å². The Morgan fingerprint density at radius 3 is 2.85 bits per heavy atom. The van der Waals surface area contributed by atoms with Crippen LogP contribution in [0.5, 0.6) is 0 Å². The maximum absolute atomic E-state index is 14.8. The molecule has 4 N–H and O–H groups in total. The number of H-pyrrole nitrogens is 1. The van der Waals surface area contributed by atoms with Crippen LogP contribution < -0.4 is 17.0 Å². The van der Waals surface area contributed by atoms with Crippen LogP contribution in [-0.4, -0.2) is 51.7 Å². The fourth-order valence-corrected chi connectivity index (χ4v) is 2.46. The maximum atomic E-state index is 14.8. The van der Waals surface area contributed by atoms with Crippen molar-refractivity contribution in [3.05, 3.63) is 32.9 Å². The molecule has 1 aromatic rings. The minimum absolute atomic E-state index is 0.263. The number of rotatable bonds is 7. The number of nitrogens with zero attached hydrogens (tertiary/aromatic N) is 1. The Labute approximate surface area is 146 Å². The number of nitrogens with one attached hydrogen (secondary N) is 1. The minimum Gasteiger partial charge on any atom is -0.388 e. The van der Waals surface area contributed by atoms with Crippen LogP contribution in [0.4, 0.5) is 8.78 Å². The third-order valence-corrected chi connectivity index (χ3v) is 4.34. The first-order chi connectivity index (χ1) is 12.0. The molecule has 0 spiro atoms. The average molecular weight is 377 g/mol. The van der Waals surface area contributed by atoms with Gasteiger partial charge in [-0.1, -0.05) is 13.8 Å². The molecule has 26 heavy (non-hydrogen) atoms. The number of carbonyl (C=O) groups excluding carboxylic acids is 1. The monoisotopic (exact) mass is 377 g/mol. The number of halogens is 2. The van der Waals surface area contributed by atoms with Gasteiger partial charge in [0, 0.05) is 6.42 Å². The lowest BCUT2D eigenvalue weighted by atomic mass is 9.90. The molecule has 0 aliphatic carbocycles. The second-order valence-corrected chi connectivity index (χ2v) is 6.68. The van der Waals surface area contributed by atoms with Crippen molar-refractivity contribution in [2.75, 3.05) is 13.2 Å².